The largest absolute Gasteiger partial charge is 0.449 e. The third-order valence-electron chi connectivity index (χ3n) is 6.93. The number of anilines is 1. The Kier molecular flexibility index (Phi) is 7.46. The van der Waals surface area contributed by atoms with E-state index in [9.17, 15) is 9.18 Å². The summed E-state index contributed by atoms with van der Waals surface area (Å²) >= 11 is 12.3. The second-order valence-corrected chi connectivity index (χ2v) is 10.4. The number of rotatable bonds is 6. The highest BCUT2D eigenvalue weighted by Crippen LogP contribution is 2.46. The van der Waals surface area contributed by atoms with Crippen LogP contribution < -0.4 is 10.3 Å². The van der Waals surface area contributed by atoms with Gasteiger partial charge in [0.25, 0.3) is 0 Å². The van der Waals surface area contributed by atoms with Gasteiger partial charge in [0.15, 0.2) is 16.6 Å². The van der Waals surface area contributed by atoms with Gasteiger partial charge in [-0.25, -0.2) is 13.8 Å². The summed E-state index contributed by atoms with van der Waals surface area (Å²) in [7, 11) is 1.98. The topological polar surface area (TPSA) is 70.3 Å². The molecule has 5 rings (SSSR count). The molecule has 3 unspecified atom stereocenters. The lowest BCUT2D eigenvalue weighted by Gasteiger charge is -2.37. The minimum atomic E-state index is -1.53. The molecule has 1 N–H and O–H groups in total. The molecule has 2 aliphatic rings. The van der Waals surface area contributed by atoms with Gasteiger partial charge in [0, 0.05) is 30.7 Å². The molecule has 0 saturated carbocycles. The van der Waals surface area contributed by atoms with Crippen molar-refractivity contribution in [1.82, 2.24) is 10.2 Å². The molecule has 7 nitrogen and oxygen atoms in total. The Morgan fingerprint density at radius 3 is 2.58 bits per heavy atom. The molecule has 11 heteroatoms. The molecule has 3 aromatic rings. The Hall–Kier alpha value is -2.98. The van der Waals surface area contributed by atoms with Gasteiger partial charge in [-0.2, -0.15) is 5.10 Å². The lowest BCUT2D eigenvalue weighted by molar-refractivity contribution is -0.127. The summed E-state index contributed by atoms with van der Waals surface area (Å²) in [5.41, 5.74) is -0.518. The zero-order chi connectivity index (χ0) is 27.0. The van der Waals surface area contributed by atoms with E-state index >= 15 is 4.39 Å². The Bertz CT molecular complexity index is 1370. The number of nitrogens with zero attached hydrogens (tertiary/aromatic N) is 3. The number of hydrogen-bond acceptors (Lipinski definition) is 6. The second-order valence-electron chi connectivity index (χ2n) is 9.59. The molecule has 2 aromatic carbocycles. The van der Waals surface area contributed by atoms with Crippen LogP contribution in [0.4, 0.5) is 14.5 Å². The quantitative estimate of drug-likeness (QED) is 0.453. The predicted octanol–water partition coefficient (Wildman–Crippen LogP) is 5.08. The Morgan fingerprint density at radius 2 is 1.92 bits per heavy atom. The lowest BCUT2D eigenvalue weighted by atomic mass is 9.78. The average molecular weight is 563 g/mol. The number of halogens is 4. The number of nitrogens with one attached hydrogen (secondary N) is 1. The van der Waals surface area contributed by atoms with E-state index in [1.807, 2.05) is 7.05 Å². The van der Waals surface area contributed by atoms with Crippen molar-refractivity contribution in [1.29, 1.82) is 0 Å². The van der Waals surface area contributed by atoms with Crippen molar-refractivity contribution in [2.75, 3.05) is 38.3 Å². The maximum Gasteiger partial charge on any atom is 0.249 e. The molecule has 200 valence electrons. The molecular formula is C27H26Cl2F2N4O3. The fourth-order valence-electron chi connectivity index (χ4n) is 4.96. The smallest absolute Gasteiger partial charge is 0.249 e. The molecule has 1 fully saturated rings. The first-order valence-corrected chi connectivity index (χ1v) is 12.9. The first-order chi connectivity index (χ1) is 18.2. The van der Waals surface area contributed by atoms with Crippen LogP contribution in [0.15, 0.2) is 64.1 Å². The number of benzene rings is 2. The van der Waals surface area contributed by atoms with E-state index in [0.717, 1.165) is 18.7 Å². The molecule has 0 radical (unpaired) electrons. The van der Waals surface area contributed by atoms with Crippen LogP contribution in [0, 0.1) is 11.6 Å². The zero-order valence-electron chi connectivity index (χ0n) is 20.8. The summed E-state index contributed by atoms with van der Waals surface area (Å²) in [5, 5.41) is 9.65. The predicted molar refractivity (Wildman–Crippen MR) is 142 cm³/mol. The van der Waals surface area contributed by atoms with E-state index in [1.54, 1.807) is 43.3 Å². The van der Waals surface area contributed by atoms with Crippen molar-refractivity contribution in [3.63, 3.8) is 0 Å². The fourth-order valence-corrected chi connectivity index (χ4v) is 5.24. The minimum absolute atomic E-state index is 0.0654. The van der Waals surface area contributed by atoms with Crippen LogP contribution in [0.3, 0.4) is 0 Å². The Morgan fingerprint density at radius 1 is 1.16 bits per heavy atom. The van der Waals surface area contributed by atoms with Gasteiger partial charge in [-0.3, -0.25) is 4.79 Å². The highest BCUT2D eigenvalue weighted by atomic mass is 35.5. The van der Waals surface area contributed by atoms with Gasteiger partial charge in [-0.1, -0.05) is 23.7 Å². The van der Waals surface area contributed by atoms with Crippen molar-refractivity contribution >= 4 is 40.5 Å². The number of furan rings is 1. The fraction of sp³-hybridized carbons (Fsp3) is 0.333. The number of carbonyl (C=O) groups is 1. The van der Waals surface area contributed by atoms with E-state index in [1.165, 1.54) is 11.1 Å². The van der Waals surface area contributed by atoms with E-state index in [0.29, 0.717) is 35.2 Å². The van der Waals surface area contributed by atoms with Crippen LogP contribution in [0.25, 0.3) is 0 Å². The summed E-state index contributed by atoms with van der Waals surface area (Å²) < 4.78 is 40.6. The summed E-state index contributed by atoms with van der Waals surface area (Å²) in [5.74, 6) is -2.50. The van der Waals surface area contributed by atoms with Gasteiger partial charge in [0.05, 0.1) is 30.0 Å². The molecular weight excluding hydrogens is 537 g/mol. The van der Waals surface area contributed by atoms with Gasteiger partial charge in [-0.05, 0) is 67.5 Å². The third kappa shape index (κ3) is 5.03. The van der Waals surface area contributed by atoms with Crippen molar-refractivity contribution in [2.45, 2.75) is 24.5 Å². The molecule has 3 atom stereocenters. The van der Waals surface area contributed by atoms with Crippen molar-refractivity contribution in [3.05, 3.63) is 87.8 Å². The molecule has 1 aromatic heterocycles. The minimum Gasteiger partial charge on any atom is -0.449 e. The van der Waals surface area contributed by atoms with E-state index in [2.05, 4.69) is 10.2 Å². The normalized spacial score (nSPS) is 23.9. The summed E-state index contributed by atoms with van der Waals surface area (Å²) in [6.45, 7) is 3.89. The summed E-state index contributed by atoms with van der Waals surface area (Å²) in [6.07, 6.45) is -0.216. The second kappa shape index (κ2) is 10.6. The maximum atomic E-state index is 15.2. The molecule has 2 aliphatic heterocycles. The molecule has 3 heterocycles. The van der Waals surface area contributed by atoms with E-state index < -0.39 is 29.0 Å². The van der Waals surface area contributed by atoms with Crippen LogP contribution in [-0.2, 0) is 9.53 Å². The number of hydrogen-bond donors (Lipinski definition) is 1. The summed E-state index contributed by atoms with van der Waals surface area (Å²) in [6, 6.07) is 13.3. The SMILES string of the molecule is CN1CCOC(CNC(=O)C2(C)C(c3ccc(Cl)o3)C(c3ccc(Cl)cc3)=NN2c2ccc(F)cc2F)C1. The van der Waals surface area contributed by atoms with Crippen molar-refractivity contribution < 1.29 is 22.7 Å². The highest BCUT2D eigenvalue weighted by Gasteiger charge is 2.56. The van der Waals surface area contributed by atoms with Crippen molar-refractivity contribution in [3.8, 4) is 0 Å². The molecule has 0 spiro atoms. The van der Waals surface area contributed by atoms with Crippen LogP contribution in [-0.4, -0.2) is 61.5 Å². The highest BCUT2D eigenvalue weighted by molar-refractivity contribution is 6.30. The van der Waals surface area contributed by atoms with Gasteiger partial charge >= 0.3 is 0 Å². The monoisotopic (exact) mass is 562 g/mol. The van der Waals surface area contributed by atoms with Crippen molar-refractivity contribution in [2.24, 2.45) is 5.10 Å². The van der Waals surface area contributed by atoms with Gasteiger partial charge in [-0.15, -0.1) is 0 Å². The number of amides is 1. The van der Waals surface area contributed by atoms with Crippen LogP contribution in [0.5, 0.6) is 0 Å². The number of morpholine rings is 1. The zero-order valence-corrected chi connectivity index (χ0v) is 22.3. The Balaban J connectivity index is 1.61. The summed E-state index contributed by atoms with van der Waals surface area (Å²) in [4.78, 5) is 16.2. The van der Waals surface area contributed by atoms with Gasteiger partial charge < -0.3 is 19.4 Å². The van der Waals surface area contributed by atoms with Gasteiger partial charge in [0.1, 0.15) is 11.6 Å². The standard InChI is InChI=1S/C27H26Cl2F2N4O3/c1-27(26(36)32-14-19-15-34(2)11-12-37-19)24(22-9-10-23(29)38-22)25(16-3-5-17(28)6-4-16)33-35(27)21-8-7-18(30)13-20(21)31/h3-10,13,19,24H,11-12,14-15H2,1-2H3,(H,32,36). The number of ether oxygens (including phenoxy) is 1. The number of likely N-dealkylation sites (N-methyl/N-ethyl adjacent to an activating group) is 1. The Labute approximate surface area is 228 Å². The van der Waals surface area contributed by atoms with Crippen LogP contribution in [0.2, 0.25) is 10.2 Å². The first-order valence-electron chi connectivity index (χ1n) is 12.1. The number of hydrazone groups is 1. The average Bonchev–Trinajstić information content (AvgIpc) is 3.44. The molecule has 1 amide bonds. The van der Waals surface area contributed by atoms with E-state index in [4.69, 9.17) is 37.5 Å². The molecule has 1 saturated heterocycles. The number of carbonyl (C=O) groups excluding carboxylic acids is 1. The van der Waals surface area contributed by atoms with Crippen LogP contribution >= 0.6 is 23.2 Å². The lowest BCUT2D eigenvalue weighted by Crippen LogP contribution is -2.58. The molecule has 0 aliphatic carbocycles. The third-order valence-corrected chi connectivity index (χ3v) is 7.39. The van der Waals surface area contributed by atoms with Gasteiger partial charge in [0.2, 0.25) is 5.91 Å². The van der Waals surface area contributed by atoms with E-state index in [-0.39, 0.29) is 23.6 Å². The van der Waals surface area contributed by atoms with Crippen LogP contribution in [0.1, 0.15) is 24.2 Å². The first kappa shape index (κ1) is 26.6. The molecule has 0 bridgehead atoms. The molecule has 38 heavy (non-hydrogen) atoms. The maximum absolute atomic E-state index is 15.2.